The fraction of sp³-hybridized carbons (Fsp3) is 0.259. The minimum absolute atomic E-state index is 0.0318. The number of likely N-dealkylation sites (tertiary alicyclic amines) is 1. The van der Waals surface area contributed by atoms with Crippen LogP contribution in [0.4, 0.5) is 5.69 Å². The molecule has 1 aliphatic rings. The van der Waals surface area contributed by atoms with Gasteiger partial charge in [0.05, 0.1) is 32.5 Å². The van der Waals surface area contributed by atoms with Gasteiger partial charge in [-0.25, -0.2) is 9.67 Å². The Bertz CT molecular complexity index is 1410. The number of rotatable bonds is 7. The number of hydrogen-bond acceptors (Lipinski definition) is 6. The van der Waals surface area contributed by atoms with Gasteiger partial charge in [0.25, 0.3) is 11.8 Å². The van der Waals surface area contributed by atoms with Crippen molar-refractivity contribution in [2.24, 2.45) is 0 Å². The molecule has 9 nitrogen and oxygen atoms in total. The van der Waals surface area contributed by atoms with E-state index in [1.807, 2.05) is 23.1 Å². The average Bonchev–Trinajstić information content (AvgIpc) is 3.59. The molecule has 2 aromatic carbocycles. The zero-order valence-corrected chi connectivity index (χ0v) is 20.2. The molecule has 0 spiro atoms. The number of ether oxygens (including phenoxy) is 2. The van der Waals surface area contributed by atoms with Crippen LogP contribution in [0.2, 0.25) is 0 Å². The first-order valence-electron chi connectivity index (χ1n) is 11.8. The molecule has 0 aliphatic carbocycles. The van der Waals surface area contributed by atoms with Crippen LogP contribution in [0.25, 0.3) is 11.0 Å². The standard InChI is InChI=1S/C27H27N5O4/c1-35-23-10-7-19(24(14-23)36-2)17-32-25-20(16-29-32)13-21(15-28-25)26(33)30-22-8-5-18(6-9-22)27(34)31-11-3-4-12-31/h5-10,13-16H,3-4,11-12,17H2,1-2H3,(H,30,33). The van der Waals surface area contributed by atoms with Gasteiger partial charge in [-0.1, -0.05) is 0 Å². The second-order valence-corrected chi connectivity index (χ2v) is 8.65. The fourth-order valence-electron chi connectivity index (χ4n) is 4.36. The van der Waals surface area contributed by atoms with Crippen LogP contribution in [0.15, 0.2) is 60.9 Å². The highest BCUT2D eigenvalue weighted by molar-refractivity contribution is 6.05. The first kappa shape index (κ1) is 23.3. The molecule has 9 heteroatoms. The van der Waals surface area contributed by atoms with Crippen molar-refractivity contribution in [3.8, 4) is 11.5 Å². The summed E-state index contributed by atoms with van der Waals surface area (Å²) in [5, 5.41) is 8.07. The lowest BCUT2D eigenvalue weighted by atomic mass is 10.1. The quantitative estimate of drug-likeness (QED) is 0.425. The Morgan fingerprint density at radius 1 is 0.944 bits per heavy atom. The highest BCUT2D eigenvalue weighted by Gasteiger charge is 2.19. The number of carbonyl (C=O) groups excluding carboxylic acids is 2. The third kappa shape index (κ3) is 4.72. The number of nitrogens with zero attached hydrogens (tertiary/aromatic N) is 4. The number of hydrogen-bond donors (Lipinski definition) is 1. The van der Waals surface area contributed by atoms with Crippen molar-refractivity contribution in [2.45, 2.75) is 19.4 Å². The zero-order chi connectivity index (χ0) is 25.1. The molecule has 1 saturated heterocycles. The topological polar surface area (TPSA) is 98.6 Å². The number of carbonyl (C=O) groups is 2. The molecule has 184 valence electrons. The largest absolute Gasteiger partial charge is 0.497 e. The van der Waals surface area contributed by atoms with Crippen LogP contribution in [-0.2, 0) is 6.54 Å². The normalized spacial score (nSPS) is 13.1. The van der Waals surface area contributed by atoms with Gasteiger partial charge < -0.3 is 19.7 Å². The first-order chi connectivity index (χ1) is 17.6. The Hall–Kier alpha value is -4.40. The Labute approximate surface area is 208 Å². The molecule has 3 heterocycles. The van der Waals surface area contributed by atoms with Gasteiger partial charge >= 0.3 is 0 Å². The second kappa shape index (κ2) is 10.1. The van der Waals surface area contributed by atoms with Crippen LogP contribution in [0.5, 0.6) is 11.5 Å². The zero-order valence-electron chi connectivity index (χ0n) is 20.2. The van der Waals surface area contributed by atoms with E-state index >= 15 is 0 Å². The van der Waals surface area contributed by atoms with E-state index in [1.54, 1.807) is 55.4 Å². The predicted molar refractivity (Wildman–Crippen MR) is 136 cm³/mol. The van der Waals surface area contributed by atoms with E-state index in [0.29, 0.717) is 40.5 Å². The molecular formula is C27H27N5O4. The Morgan fingerprint density at radius 2 is 1.72 bits per heavy atom. The lowest BCUT2D eigenvalue weighted by Crippen LogP contribution is -2.27. The maximum Gasteiger partial charge on any atom is 0.257 e. The van der Waals surface area contributed by atoms with Crippen LogP contribution < -0.4 is 14.8 Å². The van der Waals surface area contributed by atoms with Crippen molar-refractivity contribution in [1.82, 2.24) is 19.7 Å². The summed E-state index contributed by atoms with van der Waals surface area (Å²) in [6, 6.07) is 14.4. The van der Waals surface area contributed by atoms with E-state index in [1.165, 1.54) is 6.20 Å². The summed E-state index contributed by atoms with van der Waals surface area (Å²) in [4.78, 5) is 31.7. The first-order valence-corrected chi connectivity index (χ1v) is 11.8. The summed E-state index contributed by atoms with van der Waals surface area (Å²) < 4.78 is 12.5. The molecule has 4 aromatic rings. The van der Waals surface area contributed by atoms with Crippen LogP contribution in [0, 0.1) is 0 Å². The molecule has 0 radical (unpaired) electrons. The Kier molecular flexibility index (Phi) is 6.53. The summed E-state index contributed by atoms with van der Waals surface area (Å²) in [6.07, 6.45) is 5.32. The van der Waals surface area contributed by atoms with Crippen molar-refractivity contribution in [2.75, 3.05) is 32.6 Å². The van der Waals surface area contributed by atoms with Crippen LogP contribution in [0.1, 0.15) is 39.1 Å². The van der Waals surface area contributed by atoms with E-state index in [4.69, 9.17) is 9.47 Å². The van der Waals surface area contributed by atoms with E-state index in [-0.39, 0.29) is 11.8 Å². The van der Waals surface area contributed by atoms with Crippen LogP contribution in [0.3, 0.4) is 0 Å². The fourth-order valence-corrected chi connectivity index (χ4v) is 4.36. The Balaban J connectivity index is 1.29. The third-order valence-electron chi connectivity index (χ3n) is 6.34. The minimum Gasteiger partial charge on any atom is -0.497 e. The number of nitrogens with one attached hydrogen (secondary N) is 1. The van der Waals surface area contributed by atoms with Gasteiger partial charge in [-0.05, 0) is 55.3 Å². The molecule has 36 heavy (non-hydrogen) atoms. The number of anilines is 1. The van der Waals surface area contributed by atoms with E-state index in [9.17, 15) is 9.59 Å². The monoisotopic (exact) mass is 485 g/mol. The van der Waals surface area contributed by atoms with Gasteiger partial charge in [0.2, 0.25) is 0 Å². The molecule has 1 aliphatic heterocycles. The minimum atomic E-state index is -0.285. The molecule has 0 saturated carbocycles. The predicted octanol–water partition coefficient (Wildman–Crippen LogP) is 3.99. The van der Waals surface area contributed by atoms with Gasteiger partial charge in [-0.15, -0.1) is 0 Å². The van der Waals surface area contributed by atoms with Gasteiger partial charge in [-0.2, -0.15) is 5.10 Å². The summed E-state index contributed by atoms with van der Waals surface area (Å²) in [5.41, 5.74) is 3.24. The molecule has 1 N–H and O–H groups in total. The van der Waals surface area contributed by atoms with E-state index in [2.05, 4.69) is 15.4 Å². The lowest BCUT2D eigenvalue weighted by molar-refractivity contribution is 0.0792. The van der Waals surface area contributed by atoms with Crippen molar-refractivity contribution in [3.63, 3.8) is 0 Å². The van der Waals surface area contributed by atoms with E-state index in [0.717, 1.165) is 36.9 Å². The average molecular weight is 486 g/mol. The molecule has 1 fully saturated rings. The Morgan fingerprint density at radius 3 is 2.44 bits per heavy atom. The van der Waals surface area contributed by atoms with Crippen molar-refractivity contribution >= 4 is 28.5 Å². The highest BCUT2D eigenvalue weighted by Crippen LogP contribution is 2.26. The molecular weight excluding hydrogens is 458 g/mol. The van der Waals surface area contributed by atoms with E-state index < -0.39 is 0 Å². The number of pyridine rings is 1. The molecule has 0 unspecified atom stereocenters. The molecule has 2 aromatic heterocycles. The van der Waals surface area contributed by atoms with Gasteiger partial charge in [0.15, 0.2) is 5.65 Å². The maximum absolute atomic E-state index is 12.8. The number of fused-ring (bicyclic) bond motifs is 1. The number of benzene rings is 2. The van der Waals surface area contributed by atoms with Crippen LogP contribution in [-0.4, -0.2) is 58.8 Å². The molecule has 0 bridgehead atoms. The second-order valence-electron chi connectivity index (χ2n) is 8.65. The third-order valence-corrected chi connectivity index (χ3v) is 6.34. The maximum atomic E-state index is 12.8. The smallest absolute Gasteiger partial charge is 0.257 e. The summed E-state index contributed by atoms with van der Waals surface area (Å²) in [7, 11) is 3.22. The van der Waals surface area contributed by atoms with Crippen molar-refractivity contribution in [1.29, 1.82) is 0 Å². The summed E-state index contributed by atoms with van der Waals surface area (Å²) in [5.74, 6) is 1.15. The number of amides is 2. The number of aromatic nitrogens is 3. The van der Waals surface area contributed by atoms with Crippen molar-refractivity contribution < 1.29 is 19.1 Å². The van der Waals surface area contributed by atoms with Crippen molar-refractivity contribution in [3.05, 3.63) is 77.6 Å². The molecule has 0 atom stereocenters. The van der Waals surface area contributed by atoms with Gasteiger partial charge in [-0.3, -0.25) is 9.59 Å². The lowest BCUT2D eigenvalue weighted by Gasteiger charge is -2.15. The SMILES string of the molecule is COc1ccc(Cn2ncc3cc(C(=O)Nc4ccc(C(=O)N5CCCC5)cc4)cnc32)c(OC)c1. The summed E-state index contributed by atoms with van der Waals surface area (Å²) >= 11 is 0. The summed E-state index contributed by atoms with van der Waals surface area (Å²) in [6.45, 7) is 2.06. The van der Waals surface area contributed by atoms with Gasteiger partial charge in [0, 0.05) is 47.6 Å². The highest BCUT2D eigenvalue weighted by atomic mass is 16.5. The van der Waals surface area contributed by atoms with Gasteiger partial charge in [0.1, 0.15) is 11.5 Å². The van der Waals surface area contributed by atoms with Crippen LogP contribution >= 0.6 is 0 Å². The number of methoxy groups -OCH3 is 2. The molecule has 5 rings (SSSR count). The molecule has 2 amide bonds.